The molecule has 0 fully saturated rings. The Labute approximate surface area is 88.6 Å². The molecule has 0 radical (unpaired) electrons. The number of hydrogen-bond acceptors (Lipinski definition) is 3. The van der Waals surface area contributed by atoms with Crippen molar-refractivity contribution in [2.45, 2.75) is 13.3 Å². The summed E-state index contributed by atoms with van der Waals surface area (Å²) in [5, 5.41) is 8.27. The summed E-state index contributed by atoms with van der Waals surface area (Å²) >= 11 is 0. The van der Waals surface area contributed by atoms with E-state index in [1.807, 2.05) is 37.3 Å². The predicted octanol–water partition coefficient (Wildman–Crippen LogP) is 1.39. The van der Waals surface area contributed by atoms with Gasteiger partial charge < -0.3 is 0 Å². The second kappa shape index (κ2) is 5.93. The van der Waals surface area contributed by atoms with Crippen LogP contribution in [0, 0.1) is 0 Å². The zero-order chi connectivity index (χ0) is 11.1. The molecule has 0 aliphatic rings. The summed E-state index contributed by atoms with van der Waals surface area (Å²) in [7, 11) is 0. The fourth-order valence-electron chi connectivity index (χ4n) is 1.15. The summed E-state index contributed by atoms with van der Waals surface area (Å²) in [6.45, 7) is 2.28. The lowest BCUT2D eigenvalue weighted by Gasteiger charge is -2.00. The molecular weight excluding hydrogens is 192 g/mol. The molecule has 80 valence electrons. The minimum absolute atomic E-state index is 0.195. The number of hydrogen-bond donors (Lipinski definition) is 2. The van der Waals surface area contributed by atoms with Crippen molar-refractivity contribution in [2.75, 3.05) is 6.54 Å². The van der Waals surface area contributed by atoms with Crippen molar-refractivity contribution in [1.82, 2.24) is 5.48 Å². The first-order valence-corrected chi connectivity index (χ1v) is 4.73. The van der Waals surface area contributed by atoms with Crippen molar-refractivity contribution < 1.29 is 10.0 Å². The maximum Gasteiger partial charge on any atom is 0.245 e. The van der Waals surface area contributed by atoms with Gasteiger partial charge >= 0.3 is 0 Å². The van der Waals surface area contributed by atoms with E-state index in [0.717, 1.165) is 11.3 Å². The average molecular weight is 206 g/mol. The van der Waals surface area contributed by atoms with E-state index in [4.69, 9.17) is 5.21 Å². The second-order valence-electron chi connectivity index (χ2n) is 3.12. The van der Waals surface area contributed by atoms with Gasteiger partial charge in [0.15, 0.2) is 0 Å². The summed E-state index contributed by atoms with van der Waals surface area (Å²) in [4.78, 5) is 14.9. The standard InChI is InChI=1S/C11H14N2O2/c1-9(10-5-3-2-4-6-10)12-8-7-11(14)13-15/h2-6,15H,7-8H2,1H3,(H,13,14). The fourth-order valence-corrected chi connectivity index (χ4v) is 1.15. The van der Waals surface area contributed by atoms with Crippen molar-refractivity contribution >= 4 is 11.6 Å². The molecule has 2 N–H and O–H groups in total. The van der Waals surface area contributed by atoms with E-state index in [1.165, 1.54) is 0 Å². The van der Waals surface area contributed by atoms with Gasteiger partial charge in [0.05, 0.1) is 0 Å². The van der Waals surface area contributed by atoms with E-state index in [0.29, 0.717) is 6.54 Å². The first kappa shape index (κ1) is 11.4. The molecular formula is C11H14N2O2. The Bertz CT molecular complexity index is 347. The minimum Gasteiger partial charge on any atom is -0.289 e. The van der Waals surface area contributed by atoms with Gasteiger partial charge in [0.1, 0.15) is 0 Å². The van der Waals surface area contributed by atoms with Crippen LogP contribution in [0.15, 0.2) is 35.3 Å². The lowest BCUT2D eigenvalue weighted by molar-refractivity contribution is -0.128. The molecule has 0 aromatic heterocycles. The van der Waals surface area contributed by atoms with Crippen LogP contribution in [0.4, 0.5) is 0 Å². The molecule has 1 aromatic carbocycles. The molecule has 0 heterocycles. The van der Waals surface area contributed by atoms with Gasteiger partial charge in [-0.15, -0.1) is 0 Å². The first-order chi connectivity index (χ1) is 7.24. The number of aliphatic imine (C=N–C) groups is 1. The van der Waals surface area contributed by atoms with E-state index in [-0.39, 0.29) is 6.42 Å². The molecule has 1 aromatic rings. The molecule has 0 saturated heterocycles. The van der Waals surface area contributed by atoms with Crippen LogP contribution in [-0.2, 0) is 4.79 Å². The molecule has 0 bridgehead atoms. The SMILES string of the molecule is CC(=NCCC(=O)NO)c1ccccc1. The number of rotatable bonds is 4. The van der Waals surface area contributed by atoms with Crippen molar-refractivity contribution in [2.24, 2.45) is 4.99 Å². The lowest BCUT2D eigenvalue weighted by atomic mass is 10.1. The van der Waals surface area contributed by atoms with Crippen molar-refractivity contribution in [3.63, 3.8) is 0 Å². The van der Waals surface area contributed by atoms with Gasteiger partial charge in [-0.1, -0.05) is 30.3 Å². The van der Waals surface area contributed by atoms with Crippen LogP contribution in [0.5, 0.6) is 0 Å². The van der Waals surface area contributed by atoms with Crippen LogP contribution in [-0.4, -0.2) is 23.4 Å². The van der Waals surface area contributed by atoms with Crippen molar-refractivity contribution in [1.29, 1.82) is 0 Å². The maximum atomic E-state index is 10.7. The molecule has 1 amide bonds. The number of carbonyl (C=O) groups excluding carboxylic acids is 1. The molecule has 0 spiro atoms. The van der Waals surface area contributed by atoms with Gasteiger partial charge in [0.2, 0.25) is 5.91 Å². The first-order valence-electron chi connectivity index (χ1n) is 4.73. The molecule has 4 heteroatoms. The highest BCUT2D eigenvalue weighted by Gasteiger charge is 1.98. The Hall–Kier alpha value is -1.68. The maximum absolute atomic E-state index is 10.7. The molecule has 4 nitrogen and oxygen atoms in total. The van der Waals surface area contributed by atoms with Crippen LogP contribution in [0.25, 0.3) is 0 Å². The lowest BCUT2D eigenvalue weighted by Crippen LogP contribution is -2.19. The number of hydroxylamine groups is 1. The minimum atomic E-state index is -0.417. The summed E-state index contributed by atoms with van der Waals surface area (Å²) in [5.74, 6) is -0.417. The van der Waals surface area contributed by atoms with Crippen molar-refractivity contribution in [3.8, 4) is 0 Å². The smallest absolute Gasteiger partial charge is 0.245 e. The van der Waals surface area contributed by atoms with Gasteiger partial charge in [-0.25, -0.2) is 5.48 Å². The summed E-state index contributed by atoms with van der Waals surface area (Å²) < 4.78 is 0. The molecule has 0 aliphatic carbocycles. The topological polar surface area (TPSA) is 61.7 Å². The van der Waals surface area contributed by atoms with E-state index in [9.17, 15) is 4.79 Å². The number of nitrogens with zero attached hydrogens (tertiary/aromatic N) is 1. The summed E-state index contributed by atoms with van der Waals surface area (Å²) in [6.07, 6.45) is 0.195. The van der Waals surface area contributed by atoms with Crippen LogP contribution >= 0.6 is 0 Å². The number of benzene rings is 1. The molecule has 15 heavy (non-hydrogen) atoms. The highest BCUT2D eigenvalue weighted by Crippen LogP contribution is 2.00. The van der Waals surface area contributed by atoms with Crippen LogP contribution in [0.1, 0.15) is 18.9 Å². The Morgan fingerprint density at radius 3 is 2.67 bits per heavy atom. The Kier molecular flexibility index (Phi) is 4.50. The highest BCUT2D eigenvalue weighted by atomic mass is 16.5. The third-order valence-electron chi connectivity index (χ3n) is 2.00. The zero-order valence-corrected chi connectivity index (χ0v) is 8.60. The third-order valence-corrected chi connectivity index (χ3v) is 2.00. The number of amides is 1. The zero-order valence-electron chi connectivity index (χ0n) is 8.60. The molecule has 0 atom stereocenters. The molecule has 0 saturated carbocycles. The average Bonchev–Trinajstić information content (AvgIpc) is 2.29. The van der Waals surface area contributed by atoms with Gasteiger partial charge in [-0.05, 0) is 12.5 Å². The predicted molar refractivity (Wildman–Crippen MR) is 58.1 cm³/mol. The Balaban J connectivity index is 2.50. The van der Waals surface area contributed by atoms with Gasteiger partial charge in [0.25, 0.3) is 0 Å². The monoisotopic (exact) mass is 206 g/mol. The molecule has 1 rings (SSSR count). The largest absolute Gasteiger partial charge is 0.289 e. The van der Waals surface area contributed by atoms with E-state index in [2.05, 4.69) is 4.99 Å². The Morgan fingerprint density at radius 2 is 2.07 bits per heavy atom. The van der Waals surface area contributed by atoms with Gasteiger partial charge in [-0.3, -0.25) is 15.0 Å². The highest BCUT2D eigenvalue weighted by molar-refractivity contribution is 5.98. The van der Waals surface area contributed by atoms with E-state index in [1.54, 1.807) is 5.48 Å². The van der Waals surface area contributed by atoms with Gasteiger partial charge in [-0.2, -0.15) is 0 Å². The molecule has 0 aliphatic heterocycles. The Morgan fingerprint density at radius 1 is 1.40 bits per heavy atom. The van der Waals surface area contributed by atoms with Gasteiger partial charge in [0, 0.05) is 18.7 Å². The fraction of sp³-hybridized carbons (Fsp3) is 0.273. The quantitative estimate of drug-likeness (QED) is 0.444. The third kappa shape index (κ3) is 3.91. The summed E-state index contributed by atoms with van der Waals surface area (Å²) in [5.41, 5.74) is 3.50. The van der Waals surface area contributed by atoms with Crippen LogP contribution in [0.2, 0.25) is 0 Å². The van der Waals surface area contributed by atoms with E-state index >= 15 is 0 Å². The van der Waals surface area contributed by atoms with Crippen LogP contribution in [0.3, 0.4) is 0 Å². The second-order valence-corrected chi connectivity index (χ2v) is 3.12. The van der Waals surface area contributed by atoms with E-state index < -0.39 is 5.91 Å². The normalized spacial score (nSPS) is 11.2. The molecule has 0 unspecified atom stereocenters. The van der Waals surface area contributed by atoms with Crippen molar-refractivity contribution in [3.05, 3.63) is 35.9 Å². The number of carbonyl (C=O) groups is 1. The van der Waals surface area contributed by atoms with Crippen LogP contribution < -0.4 is 5.48 Å². The number of nitrogens with one attached hydrogen (secondary N) is 1. The summed E-state index contributed by atoms with van der Waals surface area (Å²) in [6, 6.07) is 9.75.